The predicted molar refractivity (Wildman–Crippen MR) is 36.5 cm³/mol. The van der Waals surface area contributed by atoms with Crippen molar-refractivity contribution in [3.05, 3.63) is 12.8 Å². The maximum Gasteiger partial charge on any atom is 0.257 e. The fraction of sp³-hybridized carbons (Fsp3) is 0.714. The van der Waals surface area contributed by atoms with Gasteiger partial charge in [0.1, 0.15) is 13.2 Å². The second-order valence-electron chi connectivity index (χ2n) is 2.12. The van der Waals surface area contributed by atoms with Crippen LogP contribution in [0.2, 0.25) is 0 Å². The Bertz CT molecular complexity index is 118. The third-order valence-corrected chi connectivity index (χ3v) is 1.29. The summed E-state index contributed by atoms with van der Waals surface area (Å²) < 4.78 is 15.2. The van der Waals surface area contributed by atoms with Crippen molar-refractivity contribution in [1.82, 2.24) is 0 Å². The van der Waals surface area contributed by atoms with Gasteiger partial charge in [-0.25, -0.2) is 0 Å². The number of ether oxygens (including phenoxy) is 3. The predicted octanol–water partition coefficient (Wildman–Crippen LogP) is 0.909. The molecule has 1 unspecified atom stereocenters. The first-order valence-corrected chi connectivity index (χ1v) is 3.33. The molecule has 1 fully saturated rings. The zero-order chi connectivity index (χ0) is 7.45. The highest BCUT2D eigenvalue weighted by atomic mass is 16.8. The van der Waals surface area contributed by atoms with E-state index in [0.29, 0.717) is 19.8 Å². The van der Waals surface area contributed by atoms with Gasteiger partial charge in [0.05, 0.1) is 6.26 Å². The molecule has 1 aliphatic heterocycles. The number of hydrogen-bond donors (Lipinski definition) is 0. The lowest BCUT2D eigenvalue weighted by Gasteiger charge is -2.09. The molecular formula is C7H12O3. The minimum absolute atomic E-state index is 0.488. The zero-order valence-electron chi connectivity index (χ0n) is 6.13. The summed E-state index contributed by atoms with van der Waals surface area (Å²) in [5.41, 5.74) is 0. The van der Waals surface area contributed by atoms with Gasteiger partial charge in [0.15, 0.2) is 0 Å². The van der Waals surface area contributed by atoms with E-state index in [-0.39, 0.29) is 0 Å². The van der Waals surface area contributed by atoms with Gasteiger partial charge in [-0.3, -0.25) is 0 Å². The molecule has 3 nitrogen and oxygen atoms in total. The highest BCUT2D eigenvalue weighted by Gasteiger charge is 2.47. The normalized spacial score (nSPS) is 29.7. The lowest BCUT2D eigenvalue weighted by Crippen LogP contribution is -2.20. The highest BCUT2D eigenvalue weighted by molar-refractivity contribution is 4.83. The molecule has 1 heterocycles. The summed E-state index contributed by atoms with van der Waals surface area (Å²) in [5.74, 6) is -0.488. The quantitative estimate of drug-likeness (QED) is 0.424. The molecule has 10 heavy (non-hydrogen) atoms. The first-order chi connectivity index (χ1) is 4.83. The largest absolute Gasteiger partial charge is 0.465 e. The van der Waals surface area contributed by atoms with E-state index >= 15 is 0 Å². The van der Waals surface area contributed by atoms with E-state index in [1.54, 1.807) is 0 Å². The third kappa shape index (κ3) is 1.72. The Labute approximate surface area is 60.6 Å². The van der Waals surface area contributed by atoms with Crippen LogP contribution in [0.25, 0.3) is 0 Å². The first-order valence-electron chi connectivity index (χ1n) is 3.33. The number of rotatable bonds is 5. The van der Waals surface area contributed by atoms with Crippen molar-refractivity contribution < 1.29 is 14.2 Å². The first kappa shape index (κ1) is 7.57. The molecular weight excluding hydrogens is 132 g/mol. The van der Waals surface area contributed by atoms with Crippen LogP contribution in [0.5, 0.6) is 0 Å². The highest BCUT2D eigenvalue weighted by Crippen LogP contribution is 2.28. The van der Waals surface area contributed by atoms with Crippen LogP contribution >= 0.6 is 0 Å². The monoisotopic (exact) mass is 144 g/mol. The van der Waals surface area contributed by atoms with Gasteiger partial charge in [-0.1, -0.05) is 6.58 Å². The average molecular weight is 144 g/mol. The molecule has 0 aromatic carbocycles. The Morgan fingerprint density at radius 3 is 2.90 bits per heavy atom. The second-order valence-corrected chi connectivity index (χ2v) is 2.12. The Hall–Kier alpha value is -0.540. The molecule has 0 aromatic rings. The minimum atomic E-state index is -0.488. The smallest absolute Gasteiger partial charge is 0.257 e. The summed E-state index contributed by atoms with van der Waals surface area (Å²) in [4.78, 5) is 0. The summed E-state index contributed by atoms with van der Waals surface area (Å²) in [6.07, 6.45) is 1.38. The molecule has 0 N–H and O–H groups in total. The van der Waals surface area contributed by atoms with E-state index in [9.17, 15) is 0 Å². The molecule has 58 valence electrons. The summed E-state index contributed by atoms with van der Waals surface area (Å²) in [7, 11) is 0. The Balaban J connectivity index is 2.16. The van der Waals surface area contributed by atoms with Crippen molar-refractivity contribution in [2.45, 2.75) is 12.7 Å². The summed E-state index contributed by atoms with van der Waals surface area (Å²) in [5, 5.41) is 0. The van der Waals surface area contributed by atoms with Gasteiger partial charge in [-0.15, -0.1) is 0 Å². The zero-order valence-corrected chi connectivity index (χ0v) is 6.13. The van der Waals surface area contributed by atoms with Crippen LogP contribution in [-0.2, 0) is 14.2 Å². The van der Waals surface area contributed by atoms with Crippen molar-refractivity contribution in [2.24, 2.45) is 0 Å². The second kappa shape index (κ2) is 3.03. The van der Waals surface area contributed by atoms with Crippen LogP contribution in [0.4, 0.5) is 0 Å². The van der Waals surface area contributed by atoms with E-state index in [4.69, 9.17) is 14.2 Å². The molecule has 0 saturated carbocycles. The van der Waals surface area contributed by atoms with Gasteiger partial charge in [0, 0.05) is 6.61 Å². The molecule has 1 saturated heterocycles. The van der Waals surface area contributed by atoms with Crippen molar-refractivity contribution >= 4 is 0 Å². The van der Waals surface area contributed by atoms with Gasteiger partial charge in [-0.2, -0.15) is 0 Å². The fourth-order valence-corrected chi connectivity index (χ4v) is 0.675. The van der Waals surface area contributed by atoms with Crippen LogP contribution in [-0.4, -0.2) is 25.6 Å². The molecule has 0 aromatic heterocycles. The van der Waals surface area contributed by atoms with E-state index in [2.05, 4.69) is 6.58 Å². The topological polar surface area (TPSA) is 31.0 Å². The average Bonchev–Trinajstić information content (AvgIpc) is 2.67. The van der Waals surface area contributed by atoms with Gasteiger partial charge in [0.2, 0.25) is 0 Å². The summed E-state index contributed by atoms with van der Waals surface area (Å²) in [6.45, 7) is 7.16. The lowest BCUT2D eigenvalue weighted by molar-refractivity contribution is -0.0493. The maximum absolute atomic E-state index is 5.12. The Morgan fingerprint density at radius 1 is 1.80 bits per heavy atom. The number of epoxide rings is 1. The summed E-state index contributed by atoms with van der Waals surface area (Å²) in [6, 6.07) is 0. The Kier molecular flexibility index (Phi) is 2.29. The van der Waals surface area contributed by atoms with Gasteiger partial charge < -0.3 is 14.2 Å². The number of hydrogen-bond acceptors (Lipinski definition) is 3. The Morgan fingerprint density at radius 2 is 2.50 bits per heavy atom. The standard InChI is InChI=1S/C7H12O3/c1-3-8-5-7(6-10-7)9-4-2/h4H,2-3,5-6H2,1H3. The SMILES string of the molecule is C=COC1(COCC)CO1. The van der Waals surface area contributed by atoms with Crippen molar-refractivity contribution in [2.75, 3.05) is 19.8 Å². The molecule has 0 amide bonds. The lowest BCUT2D eigenvalue weighted by atomic mass is 10.4. The van der Waals surface area contributed by atoms with Crippen LogP contribution < -0.4 is 0 Å². The van der Waals surface area contributed by atoms with E-state index in [0.717, 1.165) is 0 Å². The molecule has 0 radical (unpaired) electrons. The van der Waals surface area contributed by atoms with Crippen LogP contribution in [0.3, 0.4) is 0 Å². The van der Waals surface area contributed by atoms with Crippen LogP contribution in [0, 0.1) is 0 Å². The van der Waals surface area contributed by atoms with E-state index in [1.165, 1.54) is 6.26 Å². The molecule has 1 atom stereocenters. The third-order valence-electron chi connectivity index (χ3n) is 1.29. The minimum Gasteiger partial charge on any atom is -0.465 e. The van der Waals surface area contributed by atoms with Crippen molar-refractivity contribution in [3.63, 3.8) is 0 Å². The maximum atomic E-state index is 5.12. The van der Waals surface area contributed by atoms with Gasteiger partial charge in [0.25, 0.3) is 5.79 Å². The van der Waals surface area contributed by atoms with E-state index in [1.807, 2.05) is 6.92 Å². The van der Waals surface area contributed by atoms with Crippen LogP contribution in [0.15, 0.2) is 12.8 Å². The molecule has 1 rings (SSSR count). The molecule has 0 aliphatic carbocycles. The molecule has 3 heteroatoms. The van der Waals surface area contributed by atoms with E-state index < -0.39 is 5.79 Å². The summed E-state index contributed by atoms with van der Waals surface area (Å²) >= 11 is 0. The fourth-order valence-electron chi connectivity index (χ4n) is 0.675. The van der Waals surface area contributed by atoms with Crippen molar-refractivity contribution in [3.8, 4) is 0 Å². The van der Waals surface area contributed by atoms with Gasteiger partial charge in [-0.05, 0) is 6.92 Å². The molecule has 0 spiro atoms. The van der Waals surface area contributed by atoms with Crippen molar-refractivity contribution in [1.29, 1.82) is 0 Å². The van der Waals surface area contributed by atoms with Crippen LogP contribution in [0.1, 0.15) is 6.92 Å². The molecule has 1 aliphatic rings. The van der Waals surface area contributed by atoms with Gasteiger partial charge >= 0.3 is 0 Å². The molecule has 0 bridgehead atoms.